The van der Waals surface area contributed by atoms with Crippen molar-refractivity contribution in [2.45, 2.75) is 0 Å². The summed E-state index contributed by atoms with van der Waals surface area (Å²) in [6.07, 6.45) is 1.87. The molecule has 1 aromatic heterocycles. The summed E-state index contributed by atoms with van der Waals surface area (Å²) in [5.74, 6) is 1.01. The van der Waals surface area contributed by atoms with E-state index in [9.17, 15) is 0 Å². The second-order valence-electron chi connectivity index (χ2n) is 5.16. The van der Waals surface area contributed by atoms with Gasteiger partial charge < -0.3 is 15.1 Å². The number of benzene rings is 1. The zero-order valence-electron chi connectivity index (χ0n) is 12.1. The molecule has 1 N–H and O–H groups in total. The number of hydrogen-bond acceptors (Lipinski definition) is 4. The van der Waals surface area contributed by atoms with Crippen LogP contribution in [0.15, 0.2) is 30.5 Å². The van der Waals surface area contributed by atoms with Gasteiger partial charge in [-0.25, -0.2) is 4.98 Å². The third-order valence-corrected chi connectivity index (χ3v) is 3.08. The fraction of sp³-hybridized carbons (Fsp3) is 0.400. The van der Waals surface area contributed by atoms with E-state index in [1.54, 1.807) is 0 Å². The number of nitrogens with one attached hydrogen (secondary N) is 1. The summed E-state index contributed by atoms with van der Waals surface area (Å²) in [5, 5.41) is 5.90. The van der Waals surface area contributed by atoms with Gasteiger partial charge >= 0.3 is 0 Å². The molecule has 2 rings (SSSR count). The van der Waals surface area contributed by atoms with Crippen molar-refractivity contribution in [3.05, 3.63) is 30.5 Å². The van der Waals surface area contributed by atoms with Crippen LogP contribution in [0.3, 0.4) is 0 Å². The molecule has 0 fully saturated rings. The van der Waals surface area contributed by atoms with E-state index in [1.807, 2.05) is 25.2 Å². The second-order valence-corrected chi connectivity index (χ2v) is 5.16. The van der Waals surface area contributed by atoms with Crippen molar-refractivity contribution in [2.24, 2.45) is 0 Å². The van der Waals surface area contributed by atoms with Crippen molar-refractivity contribution in [3.8, 4) is 0 Å². The number of hydrogen-bond donors (Lipinski definition) is 1. The van der Waals surface area contributed by atoms with E-state index in [4.69, 9.17) is 0 Å². The molecule has 0 aliphatic carbocycles. The molecule has 0 bridgehead atoms. The summed E-state index contributed by atoms with van der Waals surface area (Å²) >= 11 is 0. The van der Waals surface area contributed by atoms with E-state index in [1.165, 1.54) is 16.5 Å². The van der Waals surface area contributed by atoms with E-state index >= 15 is 0 Å². The first-order valence-electron chi connectivity index (χ1n) is 6.53. The molecule has 0 saturated heterocycles. The standard InChI is InChI=1S/C15H22N4/c1-18(2)11-10-16-14-7-5-6-13-12(14)8-9-17-15(13)19(3)4/h5-9,16H,10-11H2,1-4H3. The van der Waals surface area contributed by atoms with Gasteiger partial charge in [-0.3, -0.25) is 0 Å². The molecule has 1 aromatic carbocycles. The van der Waals surface area contributed by atoms with Gasteiger partial charge in [0, 0.05) is 49.8 Å². The maximum Gasteiger partial charge on any atom is 0.135 e. The van der Waals surface area contributed by atoms with Crippen LogP contribution in [-0.4, -0.2) is 51.2 Å². The molecule has 4 heteroatoms. The van der Waals surface area contributed by atoms with Crippen molar-refractivity contribution in [1.29, 1.82) is 0 Å². The lowest BCUT2D eigenvalue weighted by atomic mass is 10.1. The Hall–Kier alpha value is -1.81. The highest BCUT2D eigenvalue weighted by Crippen LogP contribution is 2.28. The van der Waals surface area contributed by atoms with Crippen LogP contribution in [0.25, 0.3) is 10.8 Å². The van der Waals surface area contributed by atoms with E-state index < -0.39 is 0 Å². The highest BCUT2D eigenvalue weighted by atomic mass is 15.1. The Labute approximate surface area is 115 Å². The Bertz CT molecular complexity index is 549. The van der Waals surface area contributed by atoms with Gasteiger partial charge in [-0.1, -0.05) is 12.1 Å². The molecule has 0 spiro atoms. The van der Waals surface area contributed by atoms with Gasteiger partial charge in [0.2, 0.25) is 0 Å². The van der Waals surface area contributed by atoms with Gasteiger partial charge in [0.25, 0.3) is 0 Å². The van der Waals surface area contributed by atoms with Gasteiger partial charge in [-0.05, 0) is 26.2 Å². The molecule has 0 aliphatic heterocycles. The zero-order valence-corrected chi connectivity index (χ0v) is 12.1. The minimum Gasteiger partial charge on any atom is -0.383 e. The summed E-state index contributed by atoms with van der Waals surface area (Å²) in [7, 11) is 8.21. The van der Waals surface area contributed by atoms with Gasteiger partial charge in [0.05, 0.1) is 0 Å². The molecular weight excluding hydrogens is 236 g/mol. The average molecular weight is 258 g/mol. The largest absolute Gasteiger partial charge is 0.383 e. The predicted octanol–water partition coefficient (Wildman–Crippen LogP) is 2.27. The van der Waals surface area contributed by atoms with E-state index in [2.05, 4.69) is 53.6 Å². The Kier molecular flexibility index (Phi) is 4.22. The van der Waals surface area contributed by atoms with Crippen LogP contribution in [0.4, 0.5) is 11.5 Å². The van der Waals surface area contributed by atoms with Crippen LogP contribution in [0.5, 0.6) is 0 Å². The number of fused-ring (bicyclic) bond motifs is 1. The van der Waals surface area contributed by atoms with Crippen LogP contribution in [0.1, 0.15) is 0 Å². The predicted molar refractivity (Wildman–Crippen MR) is 83.1 cm³/mol. The molecule has 0 amide bonds. The minimum absolute atomic E-state index is 0.936. The van der Waals surface area contributed by atoms with E-state index in [-0.39, 0.29) is 0 Å². The summed E-state index contributed by atoms with van der Waals surface area (Å²) in [5.41, 5.74) is 1.17. The van der Waals surface area contributed by atoms with Crippen molar-refractivity contribution in [1.82, 2.24) is 9.88 Å². The molecule has 19 heavy (non-hydrogen) atoms. The normalized spacial score (nSPS) is 11.0. The van der Waals surface area contributed by atoms with Crippen LogP contribution in [0.2, 0.25) is 0 Å². The first-order chi connectivity index (χ1) is 9.09. The maximum atomic E-state index is 4.45. The summed E-state index contributed by atoms with van der Waals surface area (Å²) in [6, 6.07) is 8.39. The van der Waals surface area contributed by atoms with Crippen molar-refractivity contribution in [3.63, 3.8) is 0 Å². The quantitative estimate of drug-likeness (QED) is 0.891. The zero-order chi connectivity index (χ0) is 13.8. The SMILES string of the molecule is CN(C)CCNc1cccc2c(N(C)C)nccc12. The summed E-state index contributed by atoms with van der Waals surface area (Å²) < 4.78 is 0. The molecule has 0 saturated carbocycles. The first kappa shape index (κ1) is 13.6. The van der Waals surface area contributed by atoms with Crippen molar-refractivity contribution < 1.29 is 0 Å². The van der Waals surface area contributed by atoms with E-state index in [0.29, 0.717) is 0 Å². The third kappa shape index (κ3) is 3.15. The average Bonchev–Trinajstić information content (AvgIpc) is 2.37. The number of nitrogens with zero attached hydrogens (tertiary/aromatic N) is 3. The second kappa shape index (κ2) is 5.89. The monoisotopic (exact) mass is 258 g/mol. The molecule has 0 unspecified atom stereocenters. The van der Waals surface area contributed by atoms with Gasteiger partial charge in [-0.15, -0.1) is 0 Å². The van der Waals surface area contributed by atoms with Crippen LogP contribution >= 0.6 is 0 Å². The Morgan fingerprint density at radius 1 is 1.05 bits per heavy atom. The van der Waals surface area contributed by atoms with Crippen molar-refractivity contribution >= 4 is 22.3 Å². The fourth-order valence-corrected chi connectivity index (χ4v) is 2.12. The molecule has 102 valence electrons. The topological polar surface area (TPSA) is 31.4 Å². The smallest absolute Gasteiger partial charge is 0.135 e. The summed E-state index contributed by atoms with van der Waals surface area (Å²) in [4.78, 5) is 8.67. The highest BCUT2D eigenvalue weighted by Gasteiger charge is 2.07. The Morgan fingerprint density at radius 3 is 2.53 bits per heavy atom. The molecule has 0 radical (unpaired) electrons. The molecule has 4 nitrogen and oxygen atoms in total. The van der Waals surface area contributed by atoms with Crippen LogP contribution in [-0.2, 0) is 0 Å². The lowest BCUT2D eigenvalue weighted by molar-refractivity contribution is 0.425. The molecule has 0 aliphatic rings. The Balaban J connectivity index is 2.32. The molecule has 1 heterocycles. The number of rotatable bonds is 5. The highest BCUT2D eigenvalue weighted by molar-refractivity contribution is 6.00. The van der Waals surface area contributed by atoms with Gasteiger partial charge in [-0.2, -0.15) is 0 Å². The lowest BCUT2D eigenvalue weighted by Gasteiger charge is -2.17. The minimum atomic E-state index is 0.936. The Morgan fingerprint density at radius 2 is 1.84 bits per heavy atom. The molecule has 2 aromatic rings. The lowest BCUT2D eigenvalue weighted by Crippen LogP contribution is -2.20. The summed E-state index contributed by atoms with van der Waals surface area (Å²) in [6.45, 7) is 1.95. The number of anilines is 2. The van der Waals surface area contributed by atoms with Crippen LogP contribution in [0, 0.1) is 0 Å². The number of likely N-dealkylation sites (N-methyl/N-ethyl adjacent to an activating group) is 1. The first-order valence-corrected chi connectivity index (χ1v) is 6.53. The number of aromatic nitrogens is 1. The van der Waals surface area contributed by atoms with E-state index in [0.717, 1.165) is 18.9 Å². The molecule has 0 atom stereocenters. The van der Waals surface area contributed by atoms with Gasteiger partial charge in [0.15, 0.2) is 0 Å². The maximum absolute atomic E-state index is 4.45. The third-order valence-electron chi connectivity index (χ3n) is 3.08. The fourth-order valence-electron chi connectivity index (χ4n) is 2.12. The number of pyridine rings is 1. The van der Waals surface area contributed by atoms with Crippen molar-refractivity contribution in [2.75, 3.05) is 51.5 Å². The van der Waals surface area contributed by atoms with Gasteiger partial charge in [0.1, 0.15) is 5.82 Å². The molecular formula is C15H22N4. The van der Waals surface area contributed by atoms with Crippen LogP contribution < -0.4 is 10.2 Å².